The minimum Gasteiger partial charge on any atom is -0.356 e. The lowest BCUT2D eigenvalue weighted by Gasteiger charge is -2.21. The van der Waals surface area contributed by atoms with E-state index in [1.165, 1.54) is 12.1 Å². The number of hydrogen-bond donors (Lipinski definition) is 1. The first-order valence-electron chi connectivity index (χ1n) is 5.75. The van der Waals surface area contributed by atoms with Gasteiger partial charge in [-0.25, -0.2) is 12.8 Å². The molecule has 1 atom stereocenters. The molecule has 98 valence electrons. The first-order chi connectivity index (χ1) is 8.49. The molecule has 4 nitrogen and oxygen atoms in total. The van der Waals surface area contributed by atoms with Crippen molar-refractivity contribution < 1.29 is 17.6 Å². The fourth-order valence-electron chi connectivity index (χ4n) is 2.00. The summed E-state index contributed by atoms with van der Waals surface area (Å²) in [5.41, 5.74) is 0. The number of piperidine rings is 1. The Morgan fingerprint density at radius 3 is 2.56 bits per heavy atom. The van der Waals surface area contributed by atoms with Crippen molar-refractivity contribution in [2.45, 2.75) is 17.7 Å². The molecule has 18 heavy (non-hydrogen) atoms. The Morgan fingerprint density at radius 2 is 1.94 bits per heavy atom. The van der Waals surface area contributed by atoms with E-state index >= 15 is 0 Å². The van der Waals surface area contributed by atoms with Crippen LogP contribution in [-0.2, 0) is 14.6 Å². The van der Waals surface area contributed by atoms with Crippen molar-refractivity contribution in [1.29, 1.82) is 0 Å². The quantitative estimate of drug-likeness (QED) is 0.838. The van der Waals surface area contributed by atoms with Gasteiger partial charge in [-0.3, -0.25) is 4.79 Å². The SMILES string of the molecule is O=C1NCCC[C@@H]1CS(=O)(=O)c1ccc(F)cc1. The predicted octanol–water partition coefficient (Wildman–Crippen LogP) is 1.13. The Morgan fingerprint density at radius 1 is 1.28 bits per heavy atom. The molecule has 0 spiro atoms. The monoisotopic (exact) mass is 271 g/mol. The van der Waals surface area contributed by atoms with Crippen LogP contribution in [0.5, 0.6) is 0 Å². The van der Waals surface area contributed by atoms with Crippen LogP contribution in [0, 0.1) is 11.7 Å². The highest BCUT2D eigenvalue weighted by Gasteiger charge is 2.28. The molecule has 1 amide bonds. The molecule has 1 aliphatic rings. The maximum absolute atomic E-state index is 12.7. The zero-order valence-corrected chi connectivity index (χ0v) is 10.5. The largest absolute Gasteiger partial charge is 0.356 e. The molecule has 6 heteroatoms. The van der Waals surface area contributed by atoms with Crippen molar-refractivity contribution in [2.24, 2.45) is 5.92 Å². The van der Waals surface area contributed by atoms with E-state index in [4.69, 9.17) is 0 Å². The average Bonchev–Trinajstić information content (AvgIpc) is 2.32. The van der Waals surface area contributed by atoms with Gasteiger partial charge in [0.15, 0.2) is 9.84 Å². The third-order valence-corrected chi connectivity index (χ3v) is 4.82. The maximum Gasteiger partial charge on any atom is 0.224 e. The number of carbonyl (C=O) groups excluding carboxylic acids is 1. The minimum atomic E-state index is -3.54. The fraction of sp³-hybridized carbons (Fsp3) is 0.417. The fourth-order valence-corrected chi connectivity index (χ4v) is 3.59. The summed E-state index contributed by atoms with van der Waals surface area (Å²) in [6.45, 7) is 0.603. The summed E-state index contributed by atoms with van der Waals surface area (Å²) in [5.74, 6) is -1.42. The summed E-state index contributed by atoms with van der Waals surface area (Å²) >= 11 is 0. The number of amides is 1. The molecule has 1 aromatic carbocycles. The number of nitrogens with one attached hydrogen (secondary N) is 1. The average molecular weight is 271 g/mol. The second kappa shape index (κ2) is 5.06. The zero-order valence-electron chi connectivity index (χ0n) is 9.73. The van der Waals surface area contributed by atoms with E-state index in [-0.39, 0.29) is 16.6 Å². The summed E-state index contributed by atoms with van der Waals surface area (Å²) in [7, 11) is -3.54. The standard InChI is InChI=1S/C12H14FNO3S/c13-10-3-5-11(6-4-10)18(16,17)8-9-2-1-7-14-12(9)15/h3-6,9H,1-2,7-8H2,(H,14,15)/t9-/m1/s1. The highest BCUT2D eigenvalue weighted by atomic mass is 32.2. The van der Waals surface area contributed by atoms with Crippen LogP contribution >= 0.6 is 0 Å². The van der Waals surface area contributed by atoms with Crippen LogP contribution < -0.4 is 5.32 Å². The molecule has 1 heterocycles. The van der Waals surface area contributed by atoms with Crippen LogP contribution in [0.3, 0.4) is 0 Å². The molecule has 0 saturated carbocycles. The first-order valence-corrected chi connectivity index (χ1v) is 7.40. The molecular formula is C12H14FNO3S. The van der Waals surface area contributed by atoms with Crippen LogP contribution in [0.25, 0.3) is 0 Å². The van der Waals surface area contributed by atoms with E-state index in [2.05, 4.69) is 5.32 Å². The van der Waals surface area contributed by atoms with E-state index in [0.717, 1.165) is 18.6 Å². The van der Waals surface area contributed by atoms with Gasteiger partial charge in [0, 0.05) is 6.54 Å². The van der Waals surface area contributed by atoms with Crippen molar-refractivity contribution >= 4 is 15.7 Å². The van der Waals surface area contributed by atoms with Gasteiger partial charge in [0.25, 0.3) is 0 Å². The highest BCUT2D eigenvalue weighted by molar-refractivity contribution is 7.91. The predicted molar refractivity (Wildman–Crippen MR) is 64.2 cm³/mol. The van der Waals surface area contributed by atoms with Crippen LogP contribution in [-0.4, -0.2) is 26.6 Å². The molecule has 1 aliphatic heterocycles. The number of benzene rings is 1. The van der Waals surface area contributed by atoms with Crippen LogP contribution in [0.2, 0.25) is 0 Å². The van der Waals surface area contributed by atoms with Gasteiger partial charge in [-0.15, -0.1) is 0 Å². The molecule has 1 saturated heterocycles. The van der Waals surface area contributed by atoms with Gasteiger partial charge < -0.3 is 5.32 Å². The molecule has 1 N–H and O–H groups in total. The summed E-state index contributed by atoms with van der Waals surface area (Å²) in [6, 6.07) is 4.67. The third-order valence-electron chi connectivity index (χ3n) is 2.99. The normalized spacial score (nSPS) is 20.5. The molecular weight excluding hydrogens is 257 g/mol. The van der Waals surface area contributed by atoms with E-state index in [1.54, 1.807) is 0 Å². The highest BCUT2D eigenvalue weighted by Crippen LogP contribution is 2.19. The lowest BCUT2D eigenvalue weighted by atomic mass is 10.0. The Balaban J connectivity index is 2.16. The van der Waals surface area contributed by atoms with Gasteiger partial charge in [-0.05, 0) is 37.1 Å². The van der Waals surface area contributed by atoms with Gasteiger partial charge in [0.2, 0.25) is 5.91 Å². The molecule has 2 rings (SSSR count). The first kappa shape index (κ1) is 13.0. The van der Waals surface area contributed by atoms with E-state index < -0.39 is 21.6 Å². The maximum atomic E-state index is 12.7. The molecule has 0 bridgehead atoms. The Labute approximate surface area is 105 Å². The van der Waals surface area contributed by atoms with Gasteiger partial charge in [-0.2, -0.15) is 0 Å². The second-order valence-corrected chi connectivity index (χ2v) is 6.40. The zero-order chi connectivity index (χ0) is 13.2. The third kappa shape index (κ3) is 2.87. The number of hydrogen-bond acceptors (Lipinski definition) is 3. The van der Waals surface area contributed by atoms with Gasteiger partial charge in [0.1, 0.15) is 5.82 Å². The molecule has 0 radical (unpaired) electrons. The Hall–Kier alpha value is -1.43. The van der Waals surface area contributed by atoms with Crippen LogP contribution in [0.15, 0.2) is 29.2 Å². The van der Waals surface area contributed by atoms with Crippen LogP contribution in [0.1, 0.15) is 12.8 Å². The molecule has 1 aromatic rings. The summed E-state index contributed by atoms with van der Waals surface area (Å²) in [5, 5.41) is 2.65. The van der Waals surface area contributed by atoms with E-state index in [1.807, 2.05) is 0 Å². The lowest BCUT2D eigenvalue weighted by molar-refractivity contribution is -0.125. The van der Waals surface area contributed by atoms with Crippen LogP contribution in [0.4, 0.5) is 4.39 Å². The topological polar surface area (TPSA) is 63.2 Å². The lowest BCUT2D eigenvalue weighted by Crippen LogP contribution is -2.39. The Kier molecular flexibility index (Phi) is 3.65. The van der Waals surface area contributed by atoms with Crippen molar-refractivity contribution in [3.05, 3.63) is 30.1 Å². The second-order valence-electron chi connectivity index (χ2n) is 4.37. The summed E-state index contributed by atoms with van der Waals surface area (Å²) in [6.07, 6.45) is 1.36. The molecule has 0 unspecified atom stereocenters. The summed E-state index contributed by atoms with van der Waals surface area (Å²) in [4.78, 5) is 11.6. The van der Waals surface area contributed by atoms with Gasteiger partial charge in [-0.1, -0.05) is 0 Å². The van der Waals surface area contributed by atoms with Crippen molar-refractivity contribution in [3.8, 4) is 0 Å². The molecule has 0 aromatic heterocycles. The summed E-state index contributed by atoms with van der Waals surface area (Å²) < 4.78 is 36.8. The number of sulfone groups is 1. The van der Waals surface area contributed by atoms with E-state index in [9.17, 15) is 17.6 Å². The molecule has 1 fully saturated rings. The van der Waals surface area contributed by atoms with Gasteiger partial charge >= 0.3 is 0 Å². The number of halogens is 1. The van der Waals surface area contributed by atoms with Crippen molar-refractivity contribution in [3.63, 3.8) is 0 Å². The van der Waals surface area contributed by atoms with Crippen molar-refractivity contribution in [1.82, 2.24) is 5.32 Å². The van der Waals surface area contributed by atoms with Gasteiger partial charge in [0.05, 0.1) is 16.6 Å². The van der Waals surface area contributed by atoms with E-state index in [0.29, 0.717) is 13.0 Å². The van der Waals surface area contributed by atoms with Crippen molar-refractivity contribution in [2.75, 3.05) is 12.3 Å². The molecule has 0 aliphatic carbocycles. The number of carbonyl (C=O) groups is 1. The minimum absolute atomic E-state index is 0.0577. The number of rotatable bonds is 3. The smallest absolute Gasteiger partial charge is 0.224 e. The Bertz CT molecular complexity index is 539.